The Morgan fingerprint density at radius 1 is 0.733 bits per heavy atom. The summed E-state index contributed by atoms with van der Waals surface area (Å²) < 4.78 is 0. The standard InChI is InChI=1S/C23H27ClN4O2/c24-21-9-5-4-8-20(21)23(30)28-12-10-25(11-13-28)18-22(29)27-16-14-26(15-17-27)19-6-2-1-3-7-19/h1-9H,10-18H2. The average molecular weight is 427 g/mol. The van der Waals surface area contributed by atoms with E-state index in [9.17, 15) is 9.59 Å². The first-order chi connectivity index (χ1) is 14.6. The molecule has 2 aliphatic heterocycles. The highest BCUT2D eigenvalue weighted by atomic mass is 35.5. The topological polar surface area (TPSA) is 47.1 Å². The van der Waals surface area contributed by atoms with Gasteiger partial charge in [-0.05, 0) is 24.3 Å². The molecule has 2 aliphatic rings. The fourth-order valence-corrected chi connectivity index (χ4v) is 4.27. The van der Waals surface area contributed by atoms with Crippen LogP contribution in [0.2, 0.25) is 5.02 Å². The van der Waals surface area contributed by atoms with Crippen LogP contribution in [0, 0.1) is 0 Å². The van der Waals surface area contributed by atoms with Gasteiger partial charge in [0.05, 0.1) is 17.1 Å². The number of rotatable bonds is 4. The highest BCUT2D eigenvalue weighted by Crippen LogP contribution is 2.19. The second kappa shape index (κ2) is 9.49. The number of halogens is 1. The Labute approximate surface area is 182 Å². The maximum Gasteiger partial charge on any atom is 0.255 e. The monoisotopic (exact) mass is 426 g/mol. The fraction of sp³-hybridized carbons (Fsp3) is 0.391. The number of hydrogen-bond donors (Lipinski definition) is 0. The van der Waals surface area contributed by atoms with Gasteiger partial charge >= 0.3 is 0 Å². The number of nitrogens with zero attached hydrogens (tertiary/aromatic N) is 4. The summed E-state index contributed by atoms with van der Waals surface area (Å²) in [5.74, 6) is 0.136. The van der Waals surface area contributed by atoms with Crippen LogP contribution in [-0.4, -0.2) is 85.4 Å². The van der Waals surface area contributed by atoms with Crippen LogP contribution in [0.4, 0.5) is 5.69 Å². The normalized spacial score (nSPS) is 17.8. The van der Waals surface area contributed by atoms with Crippen LogP contribution in [0.3, 0.4) is 0 Å². The molecule has 0 N–H and O–H groups in total. The summed E-state index contributed by atoms with van der Waals surface area (Å²) >= 11 is 6.16. The summed E-state index contributed by atoms with van der Waals surface area (Å²) in [7, 11) is 0. The summed E-state index contributed by atoms with van der Waals surface area (Å²) in [5, 5.41) is 0.481. The molecule has 0 saturated carbocycles. The van der Waals surface area contributed by atoms with Crippen LogP contribution in [0.25, 0.3) is 0 Å². The van der Waals surface area contributed by atoms with Gasteiger partial charge in [0.25, 0.3) is 5.91 Å². The summed E-state index contributed by atoms with van der Waals surface area (Å²) in [6, 6.07) is 17.5. The van der Waals surface area contributed by atoms with Crippen molar-refractivity contribution in [3.8, 4) is 0 Å². The van der Waals surface area contributed by atoms with E-state index >= 15 is 0 Å². The van der Waals surface area contributed by atoms with Crippen LogP contribution in [0.15, 0.2) is 54.6 Å². The van der Waals surface area contributed by atoms with Crippen LogP contribution in [0.1, 0.15) is 10.4 Å². The minimum atomic E-state index is -0.0383. The molecule has 0 atom stereocenters. The number of hydrogen-bond acceptors (Lipinski definition) is 4. The highest BCUT2D eigenvalue weighted by Gasteiger charge is 2.27. The maximum atomic E-state index is 12.8. The number of benzene rings is 2. The second-order valence-electron chi connectivity index (χ2n) is 7.75. The molecule has 2 fully saturated rings. The molecule has 2 saturated heterocycles. The van der Waals surface area contributed by atoms with Crippen molar-refractivity contribution in [1.82, 2.24) is 14.7 Å². The molecule has 2 aromatic rings. The Morgan fingerprint density at radius 2 is 1.33 bits per heavy atom. The van der Waals surface area contributed by atoms with Crippen LogP contribution in [0.5, 0.6) is 0 Å². The Morgan fingerprint density at radius 3 is 2.00 bits per heavy atom. The first-order valence-corrected chi connectivity index (χ1v) is 10.8. The molecule has 7 heteroatoms. The smallest absolute Gasteiger partial charge is 0.255 e. The average Bonchev–Trinajstić information content (AvgIpc) is 2.80. The fourth-order valence-electron chi connectivity index (χ4n) is 4.06. The number of amides is 2. The van der Waals surface area contributed by atoms with Gasteiger partial charge in [0, 0.05) is 58.0 Å². The van der Waals surface area contributed by atoms with Crippen molar-refractivity contribution >= 4 is 29.1 Å². The van der Waals surface area contributed by atoms with Crippen LogP contribution in [-0.2, 0) is 4.79 Å². The largest absolute Gasteiger partial charge is 0.368 e. The van der Waals surface area contributed by atoms with Gasteiger partial charge in [-0.3, -0.25) is 14.5 Å². The molecular formula is C23H27ClN4O2. The number of para-hydroxylation sites is 1. The molecule has 6 nitrogen and oxygen atoms in total. The van der Waals surface area contributed by atoms with E-state index in [1.807, 2.05) is 40.1 Å². The molecule has 0 spiro atoms. The van der Waals surface area contributed by atoms with Gasteiger partial charge < -0.3 is 14.7 Å². The molecular weight excluding hydrogens is 400 g/mol. The Bertz CT molecular complexity index is 876. The van der Waals surface area contributed by atoms with E-state index in [-0.39, 0.29) is 11.8 Å². The summed E-state index contributed by atoms with van der Waals surface area (Å²) in [6.07, 6.45) is 0. The van der Waals surface area contributed by atoms with Crippen molar-refractivity contribution in [2.45, 2.75) is 0 Å². The quantitative estimate of drug-likeness (QED) is 0.753. The van der Waals surface area contributed by atoms with Crippen molar-refractivity contribution in [1.29, 1.82) is 0 Å². The SMILES string of the molecule is O=C(CN1CCN(C(=O)c2ccccc2Cl)CC1)N1CCN(c2ccccc2)CC1. The first kappa shape index (κ1) is 20.7. The molecule has 158 valence electrons. The molecule has 4 rings (SSSR count). The predicted molar refractivity (Wildman–Crippen MR) is 119 cm³/mol. The summed E-state index contributed by atoms with van der Waals surface area (Å²) in [6.45, 7) is 6.25. The van der Waals surface area contributed by atoms with E-state index in [0.717, 1.165) is 26.2 Å². The molecule has 2 aromatic carbocycles. The first-order valence-electron chi connectivity index (χ1n) is 10.5. The van der Waals surface area contributed by atoms with Gasteiger partial charge in [0.2, 0.25) is 5.91 Å². The van der Waals surface area contributed by atoms with E-state index in [1.165, 1.54) is 5.69 Å². The van der Waals surface area contributed by atoms with Gasteiger partial charge in [0.1, 0.15) is 0 Å². The minimum absolute atomic E-state index is 0.0383. The predicted octanol–water partition coefficient (Wildman–Crippen LogP) is 2.45. The van der Waals surface area contributed by atoms with Gasteiger partial charge in [-0.15, -0.1) is 0 Å². The lowest BCUT2D eigenvalue weighted by molar-refractivity contribution is -0.133. The van der Waals surface area contributed by atoms with Gasteiger partial charge in [-0.1, -0.05) is 41.9 Å². The zero-order chi connectivity index (χ0) is 20.9. The van der Waals surface area contributed by atoms with E-state index in [4.69, 9.17) is 11.6 Å². The molecule has 0 aromatic heterocycles. The summed E-state index contributed by atoms with van der Waals surface area (Å²) in [4.78, 5) is 33.7. The van der Waals surface area contributed by atoms with E-state index in [2.05, 4.69) is 21.9 Å². The van der Waals surface area contributed by atoms with Crippen molar-refractivity contribution < 1.29 is 9.59 Å². The van der Waals surface area contributed by atoms with E-state index in [0.29, 0.717) is 43.3 Å². The number of anilines is 1. The lowest BCUT2D eigenvalue weighted by atomic mass is 10.2. The van der Waals surface area contributed by atoms with Gasteiger partial charge in [-0.2, -0.15) is 0 Å². The van der Waals surface area contributed by atoms with Crippen molar-refractivity contribution in [3.05, 3.63) is 65.2 Å². The zero-order valence-corrected chi connectivity index (χ0v) is 17.8. The van der Waals surface area contributed by atoms with Gasteiger partial charge in [-0.25, -0.2) is 0 Å². The molecule has 2 heterocycles. The molecule has 0 radical (unpaired) electrons. The van der Waals surface area contributed by atoms with E-state index < -0.39 is 0 Å². The van der Waals surface area contributed by atoms with E-state index in [1.54, 1.807) is 12.1 Å². The number of carbonyl (C=O) groups excluding carboxylic acids is 2. The minimum Gasteiger partial charge on any atom is -0.368 e. The maximum absolute atomic E-state index is 12.8. The van der Waals surface area contributed by atoms with Crippen LogP contribution >= 0.6 is 11.6 Å². The molecule has 0 unspecified atom stereocenters. The highest BCUT2D eigenvalue weighted by molar-refractivity contribution is 6.33. The second-order valence-corrected chi connectivity index (χ2v) is 8.16. The Hall–Kier alpha value is -2.57. The number of piperazine rings is 2. The third-order valence-electron chi connectivity index (χ3n) is 5.88. The lowest BCUT2D eigenvalue weighted by Crippen LogP contribution is -2.54. The Balaban J connectivity index is 1.23. The molecule has 0 bridgehead atoms. The van der Waals surface area contributed by atoms with Crippen molar-refractivity contribution in [3.63, 3.8) is 0 Å². The van der Waals surface area contributed by atoms with Crippen molar-refractivity contribution in [2.75, 3.05) is 63.8 Å². The Kier molecular flexibility index (Phi) is 6.55. The molecule has 0 aliphatic carbocycles. The van der Waals surface area contributed by atoms with Crippen molar-refractivity contribution in [2.24, 2.45) is 0 Å². The zero-order valence-electron chi connectivity index (χ0n) is 17.0. The molecule has 30 heavy (non-hydrogen) atoms. The summed E-state index contributed by atoms with van der Waals surface area (Å²) in [5.41, 5.74) is 1.75. The lowest BCUT2D eigenvalue weighted by Gasteiger charge is -2.38. The van der Waals surface area contributed by atoms with Gasteiger partial charge in [0.15, 0.2) is 0 Å². The third kappa shape index (κ3) is 4.77. The third-order valence-corrected chi connectivity index (χ3v) is 6.21. The van der Waals surface area contributed by atoms with Crippen LogP contribution < -0.4 is 4.90 Å². The number of carbonyl (C=O) groups is 2. The molecule has 2 amide bonds.